The van der Waals surface area contributed by atoms with Gasteiger partial charge in [0.05, 0.1) is 4.90 Å². The van der Waals surface area contributed by atoms with Crippen molar-refractivity contribution >= 4 is 15.9 Å². The largest absolute Gasteiger partial charge is 0.350 e. The molecule has 0 saturated carbocycles. The van der Waals surface area contributed by atoms with Crippen LogP contribution in [0.5, 0.6) is 0 Å². The van der Waals surface area contributed by atoms with Gasteiger partial charge in [-0.1, -0.05) is 41.6 Å². The van der Waals surface area contributed by atoms with Gasteiger partial charge in [0, 0.05) is 37.8 Å². The maximum atomic E-state index is 13.2. The van der Waals surface area contributed by atoms with Gasteiger partial charge in [0.2, 0.25) is 15.8 Å². The molecule has 1 aliphatic heterocycles. The van der Waals surface area contributed by atoms with E-state index in [0.29, 0.717) is 23.7 Å². The van der Waals surface area contributed by atoms with Gasteiger partial charge in [-0.2, -0.15) is 4.31 Å². The van der Waals surface area contributed by atoms with Crippen LogP contribution < -0.4 is 0 Å². The van der Waals surface area contributed by atoms with Crippen molar-refractivity contribution in [2.45, 2.75) is 30.6 Å². The first kappa shape index (κ1) is 20.9. The van der Waals surface area contributed by atoms with Gasteiger partial charge >= 0.3 is 0 Å². The Morgan fingerprint density at radius 3 is 2.34 bits per heavy atom. The summed E-state index contributed by atoms with van der Waals surface area (Å²) in [5.41, 5.74) is 3.87. The van der Waals surface area contributed by atoms with E-state index >= 15 is 0 Å². The lowest BCUT2D eigenvalue weighted by Gasteiger charge is -2.33. The molecule has 2 heterocycles. The standard InChI is InChI=1S/C24H25N3O4S/c28-24(23-17-22(25-31-23)19-7-2-1-3-8-19)26-12-14-27(15-13-26)32(29,30)21-11-10-18-6-4-5-9-20(18)16-21/h1-3,7-8,10-11,16-17H,4-6,9,12-15H2. The molecule has 166 valence electrons. The molecular weight excluding hydrogens is 426 g/mol. The molecule has 1 amide bonds. The molecule has 0 bridgehead atoms. The summed E-state index contributed by atoms with van der Waals surface area (Å²) >= 11 is 0. The molecule has 2 aromatic carbocycles. The Bertz CT molecular complexity index is 1230. The van der Waals surface area contributed by atoms with E-state index in [9.17, 15) is 13.2 Å². The van der Waals surface area contributed by atoms with Crippen molar-refractivity contribution < 1.29 is 17.7 Å². The molecule has 5 rings (SSSR count). The Kier molecular flexibility index (Phi) is 5.57. The summed E-state index contributed by atoms with van der Waals surface area (Å²) in [5, 5.41) is 4.00. The third-order valence-corrected chi connectivity index (χ3v) is 8.17. The SMILES string of the molecule is O=C(c1cc(-c2ccccc2)no1)N1CCN(S(=O)(=O)c2ccc3c(c2)CCCC3)CC1. The first-order valence-electron chi connectivity index (χ1n) is 11.0. The minimum atomic E-state index is -3.58. The van der Waals surface area contributed by atoms with Crippen LogP contribution in [0.2, 0.25) is 0 Å². The average Bonchev–Trinajstić information content (AvgIpc) is 3.34. The highest BCUT2D eigenvalue weighted by atomic mass is 32.2. The fraction of sp³-hybridized carbons (Fsp3) is 0.333. The smallest absolute Gasteiger partial charge is 0.292 e. The normalized spacial score (nSPS) is 17.2. The van der Waals surface area contributed by atoms with Crippen LogP contribution in [0, 0.1) is 0 Å². The van der Waals surface area contributed by atoms with E-state index in [0.717, 1.165) is 36.8 Å². The predicted octanol–water partition coefficient (Wildman–Crippen LogP) is 3.37. The fourth-order valence-electron chi connectivity index (χ4n) is 4.43. The van der Waals surface area contributed by atoms with Crippen LogP contribution in [-0.2, 0) is 22.9 Å². The van der Waals surface area contributed by atoms with Gasteiger partial charge in [0.1, 0.15) is 5.69 Å². The summed E-state index contributed by atoms with van der Waals surface area (Å²) in [7, 11) is -3.58. The minimum Gasteiger partial charge on any atom is -0.350 e. The molecule has 8 heteroatoms. The van der Waals surface area contributed by atoms with Crippen LogP contribution in [0.1, 0.15) is 34.5 Å². The fourth-order valence-corrected chi connectivity index (χ4v) is 5.90. The molecule has 0 radical (unpaired) electrons. The molecule has 0 unspecified atom stereocenters. The van der Waals surface area contributed by atoms with Crippen molar-refractivity contribution in [2.24, 2.45) is 0 Å². The number of benzene rings is 2. The van der Waals surface area contributed by atoms with Crippen LogP contribution in [0.25, 0.3) is 11.3 Å². The Balaban J connectivity index is 1.26. The van der Waals surface area contributed by atoms with Crippen molar-refractivity contribution in [1.82, 2.24) is 14.4 Å². The molecule has 3 aromatic rings. The van der Waals surface area contributed by atoms with Gasteiger partial charge in [0.15, 0.2) is 0 Å². The molecule has 32 heavy (non-hydrogen) atoms. The number of carbonyl (C=O) groups is 1. The number of carbonyl (C=O) groups excluding carboxylic acids is 1. The number of aromatic nitrogens is 1. The van der Waals surface area contributed by atoms with E-state index in [2.05, 4.69) is 5.16 Å². The Morgan fingerprint density at radius 2 is 1.59 bits per heavy atom. The van der Waals surface area contributed by atoms with Crippen LogP contribution in [0.4, 0.5) is 0 Å². The lowest BCUT2D eigenvalue weighted by molar-refractivity contribution is 0.0656. The maximum absolute atomic E-state index is 13.2. The summed E-state index contributed by atoms with van der Waals surface area (Å²) in [4.78, 5) is 14.8. The van der Waals surface area contributed by atoms with Crippen molar-refractivity contribution in [3.05, 3.63) is 71.5 Å². The van der Waals surface area contributed by atoms with E-state index in [1.165, 1.54) is 9.87 Å². The van der Waals surface area contributed by atoms with Crippen LogP contribution in [0.3, 0.4) is 0 Å². The van der Waals surface area contributed by atoms with Crippen molar-refractivity contribution in [3.63, 3.8) is 0 Å². The van der Waals surface area contributed by atoms with E-state index in [1.54, 1.807) is 17.0 Å². The molecule has 7 nitrogen and oxygen atoms in total. The number of piperazine rings is 1. The van der Waals surface area contributed by atoms with Gasteiger partial charge in [0.25, 0.3) is 5.91 Å². The topological polar surface area (TPSA) is 83.7 Å². The molecular formula is C24H25N3O4S. The lowest BCUT2D eigenvalue weighted by atomic mass is 9.92. The van der Waals surface area contributed by atoms with E-state index in [1.807, 2.05) is 42.5 Å². The monoisotopic (exact) mass is 451 g/mol. The van der Waals surface area contributed by atoms with E-state index in [4.69, 9.17) is 4.52 Å². The molecule has 0 atom stereocenters. The second kappa shape index (κ2) is 8.52. The van der Waals surface area contributed by atoms with E-state index < -0.39 is 10.0 Å². The summed E-state index contributed by atoms with van der Waals surface area (Å²) in [6.07, 6.45) is 4.21. The number of rotatable bonds is 4. The molecule has 2 aliphatic rings. The molecule has 1 saturated heterocycles. The lowest BCUT2D eigenvalue weighted by Crippen LogP contribution is -2.50. The average molecular weight is 452 g/mol. The summed E-state index contributed by atoms with van der Waals surface area (Å²) in [6.45, 7) is 1.13. The third kappa shape index (κ3) is 3.96. The van der Waals surface area contributed by atoms with Gasteiger partial charge in [-0.15, -0.1) is 0 Å². The zero-order valence-electron chi connectivity index (χ0n) is 17.7. The van der Waals surface area contributed by atoms with Gasteiger partial charge in [-0.3, -0.25) is 4.79 Å². The number of hydrogen-bond donors (Lipinski definition) is 0. The van der Waals surface area contributed by atoms with Crippen LogP contribution in [0.15, 0.2) is 64.0 Å². The second-order valence-corrected chi connectivity index (χ2v) is 10.2. The van der Waals surface area contributed by atoms with Crippen LogP contribution >= 0.6 is 0 Å². The highest BCUT2D eigenvalue weighted by Gasteiger charge is 2.32. The van der Waals surface area contributed by atoms with Gasteiger partial charge < -0.3 is 9.42 Å². The molecule has 1 aliphatic carbocycles. The zero-order valence-corrected chi connectivity index (χ0v) is 18.6. The number of sulfonamides is 1. The highest BCUT2D eigenvalue weighted by Crippen LogP contribution is 2.26. The maximum Gasteiger partial charge on any atom is 0.292 e. The predicted molar refractivity (Wildman–Crippen MR) is 120 cm³/mol. The summed E-state index contributed by atoms with van der Waals surface area (Å²) < 4.78 is 33.1. The first-order chi connectivity index (χ1) is 15.5. The van der Waals surface area contributed by atoms with Crippen molar-refractivity contribution in [1.29, 1.82) is 0 Å². The first-order valence-corrected chi connectivity index (χ1v) is 12.4. The number of aryl methyl sites for hydroxylation is 2. The van der Waals surface area contributed by atoms with E-state index in [-0.39, 0.29) is 24.8 Å². The second-order valence-electron chi connectivity index (χ2n) is 8.28. The van der Waals surface area contributed by atoms with Crippen LogP contribution in [-0.4, -0.2) is 54.9 Å². The molecule has 1 fully saturated rings. The number of nitrogens with zero attached hydrogens (tertiary/aromatic N) is 3. The quantitative estimate of drug-likeness (QED) is 0.607. The van der Waals surface area contributed by atoms with Gasteiger partial charge in [-0.05, 0) is 48.9 Å². The molecule has 0 spiro atoms. The third-order valence-electron chi connectivity index (χ3n) is 6.27. The van der Waals surface area contributed by atoms with Crippen molar-refractivity contribution in [3.8, 4) is 11.3 Å². The minimum absolute atomic E-state index is 0.162. The molecule has 1 aromatic heterocycles. The number of amides is 1. The Morgan fingerprint density at radius 1 is 0.875 bits per heavy atom. The van der Waals surface area contributed by atoms with Gasteiger partial charge in [-0.25, -0.2) is 8.42 Å². The zero-order chi connectivity index (χ0) is 22.1. The van der Waals surface area contributed by atoms with Crippen molar-refractivity contribution in [2.75, 3.05) is 26.2 Å². The summed E-state index contributed by atoms with van der Waals surface area (Å²) in [6, 6.07) is 16.6. The highest BCUT2D eigenvalue weighted by molar-refractivity contribution is 7.89. The Hall–Kier alpha value is -2.97. The number of fused-ring (bicyclic) bond motifs is 1. The molecule has 0 N–H and O–H groups in total. The summed E-state index contributed by atoms with van der Waals surface area (Å²) in [5.74, 6) is -0.111. The Labute approximate surface area is 187 Å². The number of hydrogen-bond acceptors (Lipinski definition) is 5.